The first kappa shape index (κ1) is 24.9. The Bertz CT molecular complexity index is 1090. The molecule has 4 unspecified atom stereocenters. The van der Waals surface area contributed by atoms with E-state index in [1.807, 2.05) is 4.90 Å². The van der Waals surface area contributed by atoms with Crippen molar-refractivity contribution in [2.24, 2.45) is 0 Å². The Morgan fingerprint density at radius 2 is 1.67 bits per heavy atom. The first-order chi connectivity index (χ1) is 17.4. The number of nitrogens with zero attached hydrogens (tertiary/aromatic N) is 1. The van der Waals surface area contributed by atoms with E-state index in [9.17, 15) is 19.8 Å². The lowest BCUT2D eigenvalue weighted by Crippen LogP contribution is -2.60. The van der Waals surface area contributed by atoms with Crippen LogP contribution in [0.1, 0.15) is 50.2 Å². The lowest BCUT2D eigenvalue weighted by atomic mass is 9.91. The number of fused-ring (bicyclic) bond motifs is 3. The summed E-state index contributed by atoms with van der Waals surface area (Å²) in [5.41, 5.74) is 4.93. The molecule has 192 valence electrons. The smallest absolute Gasteiger partial charge is 0.254 e. The third-order valence-corrected chi connectivity index (χ3v) is 7.56. The highest BCUT2D eigenvalue weighted by atomic mass is 16.5. The maximum absolute atomic E-state index is 13.1. The van der Waals surface area contributed by atoms with Gasteiger partial charge in [-0.1, -0.05) is 23.8 Å². The largest absolute Gasteiger partial charge is 0.393 e. The van der Waals surface area contributed by atoms with Crippen LogP contribution in [0.3, 0.4) is 0 Å². The van der Waals surface area contributed by atoms with Crippen LogP contribution >= 0.6 is 0 Å². The summed E-state index contributed by atoms with van der Waals surface area (Å²) in [6, 6.07) is 13.2. The predicted octanol–water partition coefficient (Wildman–Crippen LogP) is 1.21. The summed E-state index contributed by atoms with van der Waals surface area (Å²) >= 11 is 0. The zero-order valence-electron chi connectivity index (χ0n) is 20.7. The molecule has 3 aliphatic rings. The van der Waals surface area contributed by atoms with Gasteiger partial charge in [-0.3, -0.25) is 9.59 Å². The van der Waals surface area contributed by atoms with E-state index in [4.69, 9.17) is 4.74 Å². The summed E-state index contributed by atoms with van der Waals surface area (Å²) in [7, 11) is 0. The van der Waals surface area contributed by atoms with Gasteiger partial charge in [0.05, 0.1) is 37.5 Å². The van der Waals surface area contributed by atoms with Gasteiger partial charge in [0.15, 0.2) is 0 Å². The van der Waals surface area contributed by atoms with Crippen LogP contribution < -0.4 is 10.6 Å². The van der Waals surface area contributed by atoms with Gasteiger partial charge in [0.25, 0.3) is 11.8 Å². The molecule has 2 bridgehead atoms. The molecule has 2 amide bonds. The van der Waals surface area contributed by atoms with E-state index in [2.05, 4.69) is 35.8 Å². The van der Waals surface area contributed by atoms with Gasteiger partial charge in [0.1, 0.15) is 0 Å². The molecule has 4 N–H and O–H groups in total. The molecule has 2 aromatic carbocycles. The number of hydrogen-bond donors (Lipinski definition) is 4. The average Bonchev–Trinajstić information content (AvgIpc) is 3.27. The summed E-state index contributed by atoms with van der Waals surface area (Å²) in [5, 5.41) is 26.6. The molecule has 0 spiro atoms. The van der Waals surface area contributed by atoms with Gasteiger partial charge in [0, 0.05) is 30.3 Å². The zero-order valence-corrected chi connectivity index (χ0v) is 20.7. The Morgan fingerprint density at radius 1 is 1.00 bits per heavy atom. The zero-order chi connectivity index (χ0) is 25.2. The summed E-state index contributed by atoms with van der Waals surface area (Å²) < 4.78 is 5.58. The summed E-state index contributed by atoms with van der Waals surface area (Å²) in [5.74, 6) is -0.388. The molecule has 2 saturated heterocycles. The molecule has 2 fully saturated rings. The fourth-order valence-electron chi connectivity index (χ4n) is 5.71. The van der Waals surface area contributed by atoms with E-state index in [-0.39, 0.29) is 30.4 Å². The molecule has 4 atom stereocenters. The topological polar surface area (TPSA) is 111 Å². The van der Waals surface area contributed by atoms with E-state index in [0.717, 1.165) is 12.8 Å². The highest BCUT2D eigenvalue weighted by Gasteiger charge is 2.41. The fourth-order valence-corrected chi connectivity index (χ4v) is 5.71. The minimum absolute atomic E-state index is 0.0992. The number of piperidine rings is 1. The summed E-state index contributed by atoms with van der Waals surface area (Å²) in [6.07, 6.45) is 1.85. The summed E-state index contributed by atoms with van der Waals surface area (Å²) in [6.45, 7) is 3.51. The van der Waals surface area contributed by atoms with Gasteiger partial charge < -0.3 is 30.5 Å². The first-order valence-corrected chi connectivity index (χ1v) is 12.8. The van der Waals surface area contributed by atoms with Crippen molar-refractivity contribution in [3.05, 3.63) is 70.3 Å². The quantitative estimate of drug-likeness (QED) is 0.462. The number of rotatable bonds is 7. The number of benzene rings is 2. The average molecular weight is 494 g/mol. The van der Waals surface area contributed by atoms with Crippen LogP contribution in [0.15, 0.2) is 42.5 Å². The minimum atomic E-state index is -0.698. The van der Waals surface area contributed by atoms with Crippen molar-refractivity contribution >= 4 is 11.8 Å². The molecule has 2 heterocycles. The van der Waals surface area contributed by atoms with Crippen molar-refractivity contribution in [2.75, 3.05) is 26.3 Å². The van der Waals surface area contributed by atoms with Gasteiger partial charge in [-0.05, 0) is 68.0 Å². The van der Waals surface area contributed by atoms with Crippen LogP contribution in [0.4, 0.5) is 0 Å². The number of carbonyl (C=O) groups is 2. The highest BCUT2D eigenvalue weighted by molar-refractivity contribution is 5.98. The van der Waals surface area contributed by atoms with Crippen LogP contribution in [0.25, 0.3) is 0 Å². The third kappa shape index (κ3) is 5.47. The van der Waals surface area contributed by atoms with Crippen LogP contribution in [-0.4, -0.2) is 83.6 Å². The Kier molecular flexibility index (Phi) is 7.39. The molecule has 36 heavy (non-hydrogen) atoms. The molecule has 8 nitrogen and oxygen atoms in total. The number of carbonyl (C=O) groups excluding carboxylic acids is 2. The number of hydrogen-bond acceptors (Lipinski definition) is 6. The number of aryl methyl sites for hydroxylation is 1. The Morgan fingerprint density at radius 3 is 2.39 bits per heavy atom. The molecule has 2 aliphatic heterocycles. The molecular formula is C28H35N3O5. The lowest BCUT2D eigenvalue weighted by Gasteiger charge is -2.47. The number of amides is 2. The van der Waals surface area contributed by atoms with Gasteiger partial charge in [0.2, 0.25) is 0 Å². The Labute approximate surface area is 211 Å². The SMILES string of the molecule is Cc1ccc2c(c1)CC(NCC(O)CNC(=O)c1ccc(C(=O)N3C4COCC3CC(O)C4)cc1)C2. The van der Waals surface area contributed by atoms with Crippen molar-refractivity contribution in [3.63, 3.8) is 0 Å². The van der Waals surface area contributed by atoms with Crippen LogP contribution in [-0.2, 0) is 17.6 Å². The number of aliphatic hydroxyl groups is 2. The minimum Gasteiger partial charge on any atom is -0.393 e. The number of aliphatic hydroxyl groups excluding tert-OH is 2. The van der Waals surface area contributed by atoms with Crippen LogP contribution in [0.5, 0.6) is 0 Å². The van der Waals surface area contributed by atoms with Crippen LogP contribution in [0, 0.1) is 6.92 Å². The molecule has 2 aromatic rings. The third-order valence-electron chi connectivity index (χ3n) is 7.56. The number of nitrogens with one attached hydrogen (secondary N) is 2. The van der Waals surface area contributed by atoms with E-state index in [0.29, 0.717) is 49.8 Å². The molecule has 0 aromatic heterocycles. The van der Waals surface area contributed by atoms with E-state index in [1.165, 1.54) is 16.7 Å². The molecular weight excluding hydrogens is 458 g/mol. The standard InChI is InChI=1S/C28H35N3O5/c1-17-2-3-20-9-22(10-21(20)8-17)29-13-26(33)14-30-27(34)18-4-6-19(7-5-18)28(35)31-23-11-25(32)12-24(31)16-36-15-23/h2-8,22-26,29,32-33H,9-16H2,1H3,(H,30,34). The summed E-state index contributed by atoms with van der Waals surface area (Å²) in [4.78, 5) is 27.6. The first-order valence-electron chi connectivity index (χ1n) is 12.8. The van der Waals surface area contributed by atoms with E-state index < -0.39 is 12.2 Å². The maximum atomic E-state index is 13.1. The van der Waals surface area contributed by atoms with E-state index in [1.54, 1.807) is 24.3 Å². The molecule has 0 radical (unpaired) electrons. The maximum Gasteiger partial charge on any atom is 0.254 e. The second-order valence-corrected chi connectivity index (χ2v) is 10.4. The predicted molar refractivity (Wildman–Crippen MR) is 135 cm³/mol. The van der Waals surface area contributed by atoms with Gasteiger partial charge in [-0.15, -0.1) is 0 Å². The Balaban J connectivity index is 1.08. The highest BCUT2D eigenvalue weighted by Crippen LogP contribution is 2.29. The van der Waals surface area contributed by atoms with Crippen molar-refractivity contribution in [1.29, 1.82) is 0 Å². The normalized spacial score (nSPS) is 25.8. The van der Waals surface area contributed by atoms with Crippen LogP contribution in [0.2, 0.25) is 0 Å². The molecule has 8 heteroatoms. The van der Waals surface area contributed by atoms with Crippen molar-refractivity contribution in [2.45, 2.75) is 62.9 Å². The Hall–Kier alpha value is -2.78. The monoisotopic (exact) mass is 493 g/mol. The van der Waals surface area contributed by atoms with E-state index >= 15 is 0 Å². The lowest BCUT2D eigenvalue weighted by molar-refractivity contribution is -0.0871. The molecule has 1 aliphatic carbocycles. The number of morpholine rings is 1. The van der Waals surface area contributed by atoms with Gasteiger partial charge in [-0.25, -0.2) is 0 Å². The van der Waals surface area contributed by atoms with Gasteiger partial charge in [-0.2, -0.15) is 0 Å². The van der Waals surface area contributed by atoms with Crippen molar-refractivity contribution in [1.82, 2.24) is 15.5 Å². The van der Waals surface area contributed by atoms with Gasteiger partial charge >= 0.3 is 0 Å². The second kappa shape index (κ2) is 10.7. The fraction of sp³-hybridized carbons (Fsp3) is 0.500. The van der Waals surface area contributed by atoms with Crippen molar-refractivity contribution < 1.29 is 24.5 Å². The molecule has 0 saturated carbocycles. The second-order valence-electron chi connectivity index (χ2n) is 10.4. The number of ether oxygens (including phenoxy) is 1. The molecule has 5 rings (SSSR count). The van der Waals surface area contributed by atoms with Crippen molar-refractivity contribution in [3.8, 4) is 0 Å².